The minimum absolute atomic E-state index is 0.703. The summed E-state index contributed by atoms with van der Waals surface area (Å²) in [5.41, 5.74) is -4.24. The van der Waals surface area contributed by atoms with Crippen molar-refractivity contribution in [2.45, 2.75) is 83.1 Å². The van der Waals surface area contributed by atoms with Gasteiger partial charge in [0.1, 0.15) is 0 Å². The maximum absolute atomic E-state index is 12.9. The van der Waals surface area contributed by atoms with Gasteiger partial charge in [-0.3, -0.25) is 28.8 Å². The van der Waals surface area contributed by atoms with Gasteiger partial charge in [0.2, 0.25) is 0 Å². The van der Waals surface area contributed by atoms with Crippen LogP contribution in [0.2, 0.25) is 0 Å². The summed E-state index contributed by atoms with van der Waals surface area (Å²) in [4.78, 5) is 77.2. The molecule has 7 nitrogen and oxygen atoms in total. The van der Waals surface area contributed by atoms with Crippen molar-refractivity contribution in [2.24, 2.45) is 33.5 Å². The molecule has 0 aromatic heterocycles. The van der Waals surface area contributed by atoms with Gasteiger partial charge in [-0.25, -0.2) is 0 Å². The van der Waals surface area contributed by atoms with Crippen molar-refractivity contribution in [3.63, 3.8) is 0 Å². The molecule has 0 aliphatic heterocycles. The van der Waals surface area contributed by atoms with Gasteiger partial charge in [0.25, 0.3) is 0 Å². The molecule has 0 aliphatic rings. The third kappa shape index (κ3) is 7.47. The Hall–Kier alpha value is -2.18. The van der Waals surface area contributed by atoms with Gasteiger partial charge in [-0.2, -0.15) is 0 Å². The fraction of sp³-hybridized carbons (Fsp3) is 0.750. The normalized spacial score (nSPS) is 13.2. The van der Waals surface area contributed by atoms with Crippen LogP contribution in [-0.2, 0) is 33.5 Å². The first kappa shape index (κ1) is 28.8. The molecule has 0 aliphatic carbocycles. The monoisotopic (exact) mass is 438 g/mol. The summed E-state index contributed by atoms with van der Waals surface area (Å²) in [6.07, 6.45) is 0. The van der Waals surface area contributed by atoms with Crippen molar-refractivity contribution < 1.29 is 33.5 Å². The second kappa shape index (κ2) is 9.13. The molecule has 0 saturated carbocycles. The molecule has 0 radical (unpaired) electrons. The first-order chi connectivity index (χ1) is 13.4. The lowest BCUT2D eigenvalue weighted by Crippen LogP contribution is -2.48. The molecule has 0 amide bonds. The summed E-state index contributed by atoms with van der Waals surface area (Å²) < 4.78 is 4.88. The SMILES string of the molecule is CC(C)(C)C(=O)C(C(=O)OC(=O)C(C(=O)C(C)(C)C)C(=O)C(C)(C)C)C(=O)C(C)(C)C. The van der Waals surface area contributed by atoms with Crippen LogP contribution >= 0.6 is 0 Å². The van der Waals surface area contributed by atoms with Crippen molar-refractivity contribution in [2.75, 3.05) is 0 Å². The maximum Gasteiger partial charge on any atom is 0.331 e. The van der Waals surface area contributed by atoms with E-state index in [2.05, 4.69) is 0 Å². The average molecular weight is 439 g/mol. The van der Waals surface area contributed by atoms with Crippen LogP contribution in [0.5, 0.6) is 0 Å². The second-order valence-corrected chi connectivity index (χ2v) is 12.1. The molecule has 0 N–H and O–H groups in total. The lowest BCUT2D eigenvalue weighted by atomic mass is 9.74. The Kier molecular flexibility index (Phi) is 8.49. The Labute approximate surface area is 185 Å². The largest absolute Gasteiger partial charge is 0.391 e. The highest BCUT2D eigenvalue weighted by Crippen LogP contribution is 2.31. The first-order valence-electron chi connectivity index (χ1n) is 10.4. The van der Waals surface area contributed by atoms with E-state index >= 15 is 0 Å². The Morgan fingerprint density at radius 1 is 0.419 bits per heavy atom. The predicted octanol–water partition coefficient (Wildman–Crippen LogP) is 3.75. The zero-order chi connectivity index (χ0) is 25.3. The number of ether oxygens (including phenoxy) is 1. The highest BCUT2D eigenvalue weighted by molar-refractivity contribution is 6.24. The highest BCUT2D eigenvalue weighted by atomic mass is 16.6. The molecule has 0 aromatic carbocycles. The zero-order valence-electron chi connectivity index (χ0n) is 21.0. The van der Waals surface area contributed by atoms with Crippen LogP contribution in [0.1, 0.15) is 83.1 Å². The topological polar surface area (TPSA) is 112 Å². The smallest absolute Gasteiger partial charge is 0.331 e. The molecule has 0 aromatic rings. The number of ketones is 4. The summed E-state index contributed by atoms with van der Waals surface area (Å²) in [6, 6.07) is 0. The fourth-order valence-corrected chi connectivity index (χ4v) is 2.62. The first-order valence-corrected chi connectivity index (χ1v) is 10.4. The van der Waals surface area contributed by atoms with Crippen LogP contribution < -0.4 is 0 Å². The van der Waals surface area contributed by atoms with E-state index in [9.17, 15) is 28.8 Å². The number of carbonyl (C=O) groups is 6. The predicted molar refractivity (Wildman–Crippen MR) is 116 cm³/mol. The van der Waals surface area contributed by atoms with E-state index in [-0.39, 0.29) is 0 Å². The number of carbonyl (C=O) groups excluding carboxylic acids is 6. The summed E-state index contributed by atoms with van der Waals surface area (Å²) in [5.74, 6) is -9.20. The lowest BCUT2D eigenvalue weighted by Gasteiger charge is -2.29. The Bertz CT molecular complexity index is 657. The van der Waals surface area contributed by atoms with Crippen LogP contribution in [0, 0.1) is 33.5 Å². The van der Waals surface area contributed by atoms with Crippen LogP contribution in [0.3, 0.4) is 0 Å². The number of Topliss-reactive ketones (excluding diaryl/α,β-unsaturated/α-hetero) is 4. The number of rotatable bonds is 6. The molecular formula is C24H38O7. The van der Waals surface area contributed by atoms with Gasteiger partial charge < -0.3 is 4.74 Å². The van der Waals surface area contributed by atoms with Gasteiger partial charge >= 0.3 is 11.9 Å². The molecule has 0 bridgehead atoms. The average Bonchev–Trinajstić information content (AvgIpc) is 2.51. The van der Waals surface area contributed by atoms with Gasteiger partial charge in [-0.05, 0) is 0 Å². The van der Waals surface area contributed by atoms with E-state index in [0.717, 1.165) is 0 Å². The molecule has 0 fully saturated rings. The van der Waals surface area contributed by atoms with E-state index < -0.39 is 68.6 Å². The van der Waals surface area contributed by atoms with Crippen molar-refractivity contribution in [3.8, 4) is 0 Å². The van der Waals surface area contributed by atoms with Crippen molar-refractivity contribution in [1.82, 2.24) is 0 Å². The van der Waals surface area contributed by atoms with Gasteiger partial charge in [-0.1, -0.05) is 83.1 Å². The second-order valence-electron chi connectivity index (χ2n) is 12.1. The molecule has 0 atom stereocenters. The third-order valence-electron chi connectivity index (χ3n) is 4.68. The van der Waals surface area contributed by atoms with Crippen molar-refractivity contribution in [1.29, 1.82) is 0 Å². The standard InChI is InChI=1S/C24H38O7/c1-21(2,3)15(25)13(16(26)22(4,5)6)19(29)31-20(30)14(17(27)23(7,8)9)18(28)24(10,11)12/h13-14H,1-12H3. The minimum Gasteiger partial charge on any atom is -0.391 e. The Balaban J connectivity index is 6.25. The van der Waals surface area contributed by atoms with E-state index in [1.807, 2.05) is 0 Å². The van der Waals surface area contributed by atoms with Gasteiger partial charge in [0.15, 0.2) is 35.0 Å². The zero-order valence-corrected chi connectivity index (χ0v) is 21.0. The van der Waals surface area contributed by atoms with Crippen LogP contribution in [-0.4, -0.2) is 35.1 Å². The van der Waals surface area contributed by atoms with Gasteiger partial charge in [0, 0.05) is 21.7 Å². The van der Waals surface area contributed by atoms with E-state index in [0.29, 0.717) is 0 Å². The molecule has 7 heteroatoms. The molecule has 0 spiro atoms. The molecule has 176 valence electrons. The van der Waals surface area contributed by atoms with Crippen molar-refractivity contribution in [3.05, 3.63) is 0 Å². The van der Waals surface area contributed by atoms with Gasteiger partial charge in [-0.15, -0.1) is 0 Å². The van der Waals surface area contributed by atoms with E-state index in [1.165, 1.54) is 0 Å². The summed E-state index contributed by atoms with van der Waals surface area (Å²) in [6.45, 7) is 18.5. The molecule has 0 saturated heterocycles. The quantitative estimate of drug-likeness (QED) is 0.458. The summed E-state index contributed by atoms with van der Waals surface area (Å²) in [7, 11) is 0. The molecule has 31 heavy (non-hydrogen) atoms. The fourth-order valence-electron chi connectivity index (χ4n) is 2.62. The number of hydrogen-bond acceptors (Lipinski definition) is 7. The summed E-state index contributed by atoms with van der Waals surface area (Å²) in [5, 5.41) is 0. The van der Waals surface area contributed by atoms with Gasteiger partial charge in [0.05, 0.1) is 0 Å². The van der Waals surface area contributed by atoms with Crippen LogP contribution in [0.25, 0.3) is 0 Å². The number of hydrogen-bond donors (Lipinski definition) is 0. The lowest BCUT2D eigenvalue weighted by molar-refractivity contribution is -0.171. The Morgan fingerprint density at radius 2 is 0.581 bits per heavy atom. The van der Waals surface area contributed by atoms with Crippen molar-refractivity contribution >= 4 is 35.1 Å². The van der Waals surface area contributed by atoms with E-state index in [4.69, 9.17) is 4.74 Å². The third-order valence-corrected chi connectivity index (χ3v) is 4.68. The summed E-state index contributed by atoms with van der Waals surface area (Å²) >= 11 is 0. The minimum atomic E-state index is -1.83. The maximum atomic E-state index is 12.9. The van der Waals surface area contributed by atoms with E-state index in [1.54, 1.807) is 83.1 Å². The molecule has 0 rings (SSSR count). The molecule has 0 unspecified atom stereocenters. The van der Waals surface area contributed by atoms with Crippen LogP contribution in [0.4, 0.5) is 0 Å². The Morgan fingerprint density at radius 3 is 0.710 bits per heavy atom. The van der Waals surface area contributed by atoms with Crippen LogP contribution in [0.15, 0.2) is 0 Å². The molecule has 0 heterocycles. The number of esters is 2. The highest BCUT2D eigenvalue weighted by Gasteiger charge is 2.49. The molecular weight excluding hydrogens is 400 g/mol.